The molecule has 10 atom stereocenters. The smallest absolute Gasteiger partial charge is 0.303 e. The number of fused-ring (bicyclic) bond motifs is 5. The minimum absolute atomic E-state index is 0.0325. The minimum atomic E-state index is -0.149. The number of quaternary nitrogens is 1. The molecule has 4 aliphatic carbocycles. The lowest BCUT2D eigenvalue weighted by Crippen LogP contribution is -2.60. The van der Waals surface area contributed by atoms with Crippen LogP contribution >= 0.6 is 0 Å². The molecule has 0 aromatic heterocycles. The summed E-state index contributed by atoms with van der Waals surface area (Å²) in [5.74, 6) is 2.66. The third-order valence-electron chi connectivity index (χ3n) is 13.2. The molecule has 0 radical (unpaired) electrons. The first-order valence-electron chi connectivity index (χ1n) is 15.8. The Labute approximate surface area is 225 Å². The van der Waals surface area contributed by atoms with Gasteiger partial charge in [0.25, 0.3) is 0 Å². The van der Waals surface area contributed by atoms with Crippen molar-refractivity contribution in [1.82, 2.24) is 4.90 Å². The fourth-order valence-electron chi connectivity index (χ4n) is 11.5. The van der Waals surface area contributed by atoms with Crippen molar-refractivity contribution in [2.45, 2.75) is 116 Å². The van der Waals surface area contributed by atoms with E-state index in [1.165, 1.54) is 90.4 Å². The molecule has 1 N–H and O–H groups in total. The van der Waals surface area contributed by atoms with Crippen LogP contribution in [0.3, 0.4) is 0 Å². The van der Waals surface area contributed by atoms with E-state index in [9.17, 15) is 9.90 Å². The van der Waals surface area contributed by atoms with Crippen LogP contribution in [0.4, 0.5) is 0 Å². The maximum Gasteiger partial charge on any atom is 0.303 e. The molecule has 6 fully saturated rings. The second kappa shape index (κ2) is 9.63. The quantitative estimate of drug-likeness (QED) is 0.313. The van der Waals surface area contributed by atoms with E-state index in [0.29, 0.717) is 29.3 Å². The summed E-state index contributed by atoms with van der Waals surface area (Å²) in [6.07, 6.45) is 15.6. The molecule has 4 saturated carbocycles. The van der Waals surface area contributed by atoms with Crippen molar-refractivity contribution < 1.29 is 19.1 Å². The van der Waals surface area contributed by atoms with Crippen LogP contribution in [0.25, 0.3) is 0 Å². The number of rotatable bonds is 5. The van der Waals surface area contributed by atoms with Gasteiger partial charge in [0.15, 0.2) is 6.10 Å². The van der Waals surface area contributed by atoms with Crippen molar-refractivity contribution in [3.8, 4) is 0 Å². The van der Waals surface area contributed by atoms with Gasteiger partial charge in [-0.3, -0.25) is 9.69 Å². The van der Waals surface area contributed by atoms with Crippen molar-refractivity contribution in [1.29, 1.82) is 0 Å². The van der Waals surface area contributed by atoms with E-state index in [0.717, 1.165) is 29.3 Å². The van der Waals surface area contributed by atoms with Gasteiger partial charge < -0.3 is 14.3 Å². The van der Waals surface area contributed by atoms with Crippen molar-refractivity contribution in [2.75, 3.05) is 32.7 Å². The Kier molecular flexibility index (Phi) is 6.85. The number of esters is 1. The number of aliphatic hydroxyl groups excluding tert-OH is 1. The molecule has 6 rings (SSSR count). The first kappa shape index (κ1) is 26.3. The summed E-state index contributed by atoms with van der Waals surface area (Å²) in [6.45, 7) is 16.7. The zero-order valence-corrected chi connectivity index (χ0v) is 23.9. The number of ether oxygens (including phenoxy) is 1. The Morgan fingerprint density at radius 1 is 1.05 bits per heavy atom. The summed E-state index contributed by atoms with van der Waals surface area (Å²) in [5, 5.41) is 11.2. The third-order valence-corrected chi connectivity index (χ3v) is 13.2. The van der Waals surface area contributed by atoms with Crippen molar-refractivity contribution in [2.24, 2.45) is 34.5 Å². The predicted octanol–water partition coefficient (Wildman–Crippen LogP) is 5.17. The largest absolute Gasteiger partial charge is 0.456 e. The van der Waals surface area contributed by atoms with Gasteiger partial charge in [-0.1, -0.05) is 20.4 Å². The SMILES string of the molecule is C=CC[N+]1([C@H]2C[C@@H]3[C@@H]4CC[C@@H]5C[C@H](O)[C@@H](N6CCCC6)C[C@]5(C)[C@@H]4CC[C@]3(C)[C@H]2OC(C)=O)CCCC1. The predicted molar refractivity (Wildman–Crippen MR) is 147 cm³/mol. The van der Waals surface area contributed by atoms with Crippen LogP contribution in [0.1, 0.15) is 91.4 Å². The summed E-state index contributed by atoms with van der Waals surface area (Å²) in [7, 11) is 0. The lowest BCUT2D eigenvalue weighted by molar-refractivity contribution is -0.937. The Hall–Kier alpha value is -0.910. The number of hydrogen-bond acceptors (Lipinski definition) is 4. The fraction of sp³-hybridized carbons (Fsp3) is 0.906. The number of carbonyl (C=O) groups excluding carboxylic acids is 1. The molecule has 5 heteroatoms. The third kappa shape index (κ3) is 4.08. The molecular weight excluding hydrogens is 460 g/mol. The van der Waals surface area contributed by atoms with Crippen LogP contribution in [0.2, 0.25) is 0 Å². The van der Waals surface area contributed by atoms with Crippen molar-refractivity contribution in [3.63, 3.8) is 0 Å². The maximum absolute atomic E-state index is 12.5. The summed E-state index contributed by atoms with van der Waals surface area (Å²) >= 11 is 0. The average molecular weight is 514 g/mol. The second-order valence-corrected chi connectivity index (χ2v) is 14.7. The highest BCUT2D eigenvalue weighted by atomic mass is 16.5. The average Bonchev–Trinajstić information content (AvgIpc) is 3.60. The van der Waals surface area contributed by atoms with Crippen LogP contribution in [-0.2, 0) is 9.53 Å². The standard InChI is InChI=1S/C32H53N2O3/c1-5-16-34(17-8-9-18-34)28-20-26-24-11-10-23-19-29(36)27(33-14-6-7-15-33)21-32(23,4)25(24)12-13-31(26,3)30(28)37-22(2)35/h5,23-30,36H,1,6-21H2,2-4H3/q+1/t23-,24-,25-,26-,27+,28+,29+,30+,31+,32+/m1/s1. The monoisotopic (exact) mass is 513 g/mol. The molecule has 2 aliphatic heterocycles. The summed E-state index contributed by atoms with van der Waals surface area (Å²) in [4.78, 5) is 15.1. The molecule has 2 heterocycles. The lowest BCUT2D eigenvalue weighted by atomic mass is 9.44. The molecule has 0 bridgehead atoms. The lowest BCUT2D eigenvalue weighted by Gasteiger charge is -2.62. The van der Waals surface area contributed by atoms with Gasteiger partial charge in [-0.05, 0) is 99.6 Å². The number of likely N-dealkylation sites (tertiary alicyclic amines) is 2. The van der Waals surface area contributed by atoms with E-state index in [1.54, 1.807) is 6.92 Å². The highest BCUT2D eigenvalue weighted by Crippen LogP contribution is 2.67. The van der Waals surface area contributed by atoms with E-state index in [4.69, 9.17) is 4.74 Å². The van der Waals surface area contributed by atoms with Gasteiger partial charge in [-0.2, -0.15) is 0 Å². The van der Waals surface area contributed by atoms with Gasteiger partial charge in [0, 0.05) is 37.6 Å². The summed E-state index contributed by atoms with van der Waals surface area (Å²) in [6, 6.07) is 0.765. The number of aliphatic hydroxyl groups is 1. The Morgan fingerprint density at radius 2 is 1.78 bits per heavy atom. The highest BCUT2D eigenvalue weighted by molar-refractivity contribution is 5.66. The van der Waals surface area contributed by atoms with E-state index in [2.05, 4.69) is 31.4 Å². The van der Waals surface area contributed by atoms with Gasteiger partial charge >= 0.3 is 5.97 Å². The molecule has 0 amide bonds. The van der Waals surface area contributed by atoms with Gasteiger partial charge in [0.05, 0.1) is 25.7 Å². The summed E-state index contributed by atoms with van der Waals surface area (Å²) < 4.78 is 7.45. The molecule has 37 heavy (non-hydrogen) atoms. The van der Waals surface area contributed by atoms with E-state index in [1.807, 2.05) is 0 Å². The zero-order chi connectivity index (χ0) is 26.0. The molecule has 5 nitrogen and oxygen atoms in total. The van der Waals surface area contributed by atoms with Crippen molar-refractivity contribution in [3.05, 3.63) is 12.7 Å². The minimum Gasteiger partial charge on any atom is -0.456 e. The molecule has 208 valence electrons. The van der Waals surface area contributed by atoms with Crippen LogP contribution in [-0.4, -0.2) is 77.5 Å². The molecule has 0 aromatic carbocycles. The van der Waals surface area contributed by atoms with Crippen molar-refractivity contribution >= 4 is 5.97 Å². The van der Waals surface area contributed by atoms with E-state index in [-0.39, 0.29) is 23.6 Å². The molecule has 0 spiro atoms. The number of hydrogen-bond donors (Lipinski definition) is 1. The summed E-state index contributed by atoms with van der Waals surface area (Å²) in [5.41, 5.74) is 0.408. The first-order chi connectivity index (χ1) is 17.7. The van der Waals surface area contributed by atoms with Gasteiger partial charge in [0.1, 0.15) is 6.04 Å². The molecule has 6 aliphatic rings. The van der Waals surface area contributed by atoms with Crippen LogP contribution in [0.5, 0.6) is 0 Å². The van der Waals surface area contributed by atoms with E-state index < -0.39 is 0 Å². The molecule has 0 aromatic rings. The molecule has 2 saturated heterocycles. The fourth-order valence-corrected chi connectivity index (χ4v) is 11.5. The van der Waals surface area contributed by atoms with Gasteiger partial charge in [-0.15, -0.1) is 0 Å². The Bertz CT molecular complexity index is 879. The molecular formula is C32H53N2O3+. The van der Waals surface area contributed by atoms with E-state index >= 15 is 0 Å². The Morgan fingerprint density at radius 3 is 2.46 bits per heavy atom. The topological polar surface area (TPSA) is 49.8 Å². The van der Waals surface area contributed by atoms with Gasteiger partial charge in [0.2, 0.25) is 0 Å². The Balaban J connectivity index is 1.31. The van der Waals surface area contributed by atoms with Gasteiger partial charge in [-0.25, -0.2) is 0 Å². The number of carbonyl (C=O) groups is 1. The van der Waals surface area contributed by atoms with Crippen LogP contribution in [0.15, 0.2) is 12.7 Å². The second-order valence-electron chi connectivity index (χ2n) is 14.7. The highest BCUT2D eigenvalue weighted by Gasteiger charge is 2.67. The zero-order valence-electron chi connectivity index (χ0n) is 23.9. The molecule has 0 unspecified atom stereocenters. The number of nitrogens with zero attached hydrogens (tertiary/aromatic N) is 2. The van der Waals surface area contributed by atoms with Crippen LogP contribution in [0, 0.1) is 34.5 Å². The first-order valence-corrected chi connectivity index (χ1v) is 15.8. The van der Waals surface area contributed by atoms with Crippen LogP contribution < -0.4 is 0 Å². The normalized spacial score (nSPS) is 49.2. The maximum atomic E-state index is 12.5.